The van der Waals surface area contributed by atoms with Crippen LogP contribution in [0.2, 0.25) is 0 Å². The van der Waals surface area contributed by atoms with Gasteiger partial charge >= 0.3 is 0 Å². The highest BCUT2D eigenvalue weighted by atomic mass is 32.1. The van der Waals surface area contributed by atoms with Gasteiger partial charge in [-0.3, -0.25) is 0 Å². The minimum Gasteiger partial charge on any atom is -0.497 e. The zero-order valence-corrected chi connectivity index (χ0v) is 15.2. The predicted octanol–water partition coefficient (Wildman–Crippen LogP) is 5.13. The standard InChI is InChI=1S/C21H21NO2S/c1-21(20-7-4-12-25-20)18-14-16(8-9-19(18)22-10-11-24-21)15-5-3-6-17(13-15)23-2/h3-9,12-14,22H,10-11H2,1-2H3. The highest BCUT2D eigenvalue weighted by Gasteiger charge is 2.35. The molecule has 0 aliphatic carbocycles. The van der Waals surface area contributed by atoms with Gasteiger partial charge in [-0.25, -0.2) is 0 Å². The first kappa shape index (κ1) is 16.2. The third-order valence-electron chi connectivity index (χ3n) is 4.74. The summed E-state index contributed by atoms with van der Waals surface area (Å²) in [5.41, 5.74) is 4.17. The van der Waals surface area contributed by atoms with Gasteiger partial charge in [0.25, 0.3) is 0 Å². The maximum atomic E-state index is 6.32. The third-order valence-corrected chi connectivity index (χ3v) is 5.81. The van der Waals surface area contributed by atoms with Crippen LogP contribution in [0, 0.1) is 0 Å². The number of fused-ring (bicyclic) bond motifs is 1. The van der Waals surface area contributed by atoms with Crippen LogP contribution < -0.4 is 10.1 Å². The second kappa shape index (κ2) is 6.54. The van der Waals surface area contributed by atoms with Crippen LogP contribution in [0.5, 0.6) is 5.75 Å². The van der Waals surface area contributed by atoms with E-state index in [9.17, 15) is 0 Å². The molecule has 128 valence electrons. The number of benzene rings is 2. The quantitative estimate of drug-likeness (QED) is 0.710. The van der Waals surface area contributed by atoms with Gasteiger partial charge in [-0.15, -0.1) is 11.3 Å². The molecule has 2 aromatic carbocycles. The second-order valence-corrected chi connectivity index (χ2v) is 7.23. The Bertz CT molecular complexity index is 875. The maximum Gasteiger partial charge on any atom is 0.126 e. The molecule has 1 aliphatic heterocycles. The number of ether oxygens (including phenoxy) is 2. The van der Waals surface area contributed by atoms with Gasteiger partial charge in [0.15, 0.2) is 0 Å². The minimum atomic E-state index is -0.443. The Morgan fingerprint density at radius 1 is 1.08 bits per heavy atom. The van der Waals surface area contributed by atoms with Gasteiger partial charge < -0.3 is 14.8 Å². The number of methoxy groups -OCH3 is 1. The van der Waals surface area contributed by atoms with E-state index in [0.717, 1.165) is 29.1 Å². The van der Waals surface area contributed by atoms with E-state index in [0.29, 0.717) is 6.61 Å². The largest absolute Gasteiger partial charge is 0.497 e. The van der Waals surface area contributed by atoms with E-state index in [-0.39, 0.29) is 0 Å². The maximum absolute atomic E-state index is 6.32. The van der Waals surface area contributed by atoms with Crippen molar-refractivity contribution in [2.24, 2.45) is 0 Å². The summed E-state index contributed by atoms with van der Waals surface area (Å²) >= 11 is 1.74. The number of hydrogen-bond donors (Lipinski definition) is 1. The van der Waals surface area contributed by atoms with Crippen LogP contribution in [0.4, 0.5) is 5.69 Å². The van der Waals surface area contributed by atoms with Gasteiger partial charge in [-0.05, 0) is 53.8 Å². The molecule has 0 amide bonds. The van der Waals surface area contributed by atoms with Crippen LogP contribution in [-0.4, -0.2) is 20.3 Å². The van der Waals surface area contributed by atoms with Crippen molar-refractivity contribution < 1.29 is 9.47 Å². The first-order valence-electron chi connectivity index (χ1n) is 8.41. The number of nitrogens with one attached hydrogen (secondary N) is 1. The summed E-state index contributed by atoms with van der Waals surface area (Å²) in [4.78, 5) is 1.22. The molecule has 4 rings (SSSR count). The van der Waals surface area contributed by atoms with Crippen LogP contribution in [0.3, 0.4) is 0 Å². The minimum absolute atomic E-state index is 0.443. The van der Waals surface area contributed by atoms with E-state index >= 15 is 0 Å². The molecule has 0 bridgehead atoms. The summed E-state index contributed by atoms with van der Waals surface area (Å²) in [5, 5.41) is 5.60. The van der Waals surface area contributed by atoms with Crippen LogP contribution in [0.25, 0.3) is 11.1 Å². The fourth-order valence-corrected chi connectivity index (χ4v) is 4.20. The van der Waals surface area contributed by atoms with Gasteiger partial charge in [-0.2, -0.15) is 0 Å². The van der Waals surface area contributed by atoms with Crippen molar-refractivity contribution in [3.05, 3.63) is 70.4 Å². The summed E-state index contributed by atoms with van der Waals surface area (Å²) in [5.74, 6) is 0.864. The Balaban J connectivity index is 1.85. The molecule has 1 atom stereocenters. The molecule has 1 aromatic heterocycles. The Morgan fingerprint density at radius 2 is 1.96 bits per heavy atom. The van der Waals surface area contributed by atoms with E-state index in [4.69, 9.17) is 9.47 Å². The zero-order chi connectivity index (χ0) is 17.3. The lowest BCUT2D eigenvalue weighted by atomic mass is 9.89. The molecule has 3 nitrogen and oxygen atoms in total. The van der Waals surface area contributed by atoms with Crippen molar-refractivity contribution in [2.45, 2.75) is 12.5 Å². The monoisotopic (exact) mass is 351 g/mol. The number of rotatable bonds is 3. The van der Waals surface area contributed by atoms with Crippen molar-refractivity contribution >= 4 is 17.0 Å². The van der Waals surface area contributed by atoms with Crippen molar-refractivity contribution in [1.82, 2.24) is 0 Å². The molecule has 0 spiro atoms. The molecule has 1 aliphatic rings. The molecular weight excluding hydrogens is 330 g/mol. The van der Waals surface area contributed by atoms with Crippen LogP contribution in [0.1, 0.15) is 17.4 Å². The van der Waals surface area contributed by atoms with Crippen molar-refractivity contribution in [1.29, 1.82) is 0 Å². The van der Waals surface area contributed by atoms with Crippen LogP contribution in [0.15, 0.2) is 60.0 Å². The lowest BCUT2D eigenvalue weighted by Gasteiger charge is -2.29. The first-order chi connectivity index (χ1) is 12.2. The SMILES string of the molecule is COc1cccc(-c2ccc3c(c2)C(C)(c2cccs2)OCCN3)c1. The van der Waals surface area contributed by atoms with Gasteiger partial charge in [0, 0.05) is 22.7 Å². The molecular formula is C21H21NO2S. The summed E-state index contributed by atoms with van der Waals surface area (Å²) in [7, 11) is 1.70. The lowest BCUT2D eigenvalue weighted by molar-refractivity contribution is 0.00861. The average Bonchev–Trinajstić information content (AvgIpc) is 3.15. The topological polar surface area (TPSA) is 30.5 Å². The van der Waals surface area contributed by atoms with Gasteiger partial charge in [-0.1, -0.05) is 24.3 Å². The summed E-state index contributed by atoms with van der Waals surface area (Å²) in [6, 6.07) is 18.9. The fourth-order valence-electron chi connectivity index (χ4n) is 3.35. The van der Waals surface area contributed by atoms with Crippen LogP contribution >= 0.6 is 11.3 Å². The molecule has 2 heterocycles. The Morgan fingerprint density at radius 3 is 2.76 bits per heavy atom. The van der Waals surface area contributed by atoms with Gasteiger partial charge in [0.1, 0.15) is 11.4 Å². The summed E-state index contributed by atoms with van der Waals surface area (Å²) in [6.45, 7) is 3.66. The van der Waals surface area contributed by atoms with E-state index in [1.165, 1.54) is 10.4 Å². The summed E-state index contributed by atoms with van der Waals surface area (Å²) in [6.07, 6.45) is 0. The zero-order valence-electron chi connectivity index (χ0n) is 14.4. The Hall–Kier alpha value is -2.30. The molecule has 1 unspecified atom stereocenters. The number of hydrogen-bond acceptors (Lipinski definition) is 4. The van der Waals surface area contributed by atoms with E-state index in [1.807, 2.05) is 12.1 Å². The Kier molecular flexibility index (Phi) is 4.24. The van der Waals surface area contributed by atoms with Gasteiger partial charge in [0.05, 0.1) is 13.7 Å². The van der Waals surface area contributed by atoms with E-state index in [2.05, 4.69) is 60.1 Å². The fraction of sp³-hybridized carbons (Fsp3) is 0.238. The smallest absolute Gasteiger partial charge is 0.126 e. The highest BCUT2D eigenvalue weighted by Crippen LogP contribution is 2.42. The number of anilines is 1. The molecule has 1 N–H and O–H groups in total. The number of thiophene rings is 1. The van der Waals surface area contributed by atoms with Crippen molar-refractivity contribution in [3.8, 4) is 16.9 Å². The van der Waals surface area contributed by atoms with Gasteiger partial charge in [0.2, 0.25) is 0 Å². The molecule has 0 saturated carbocycles. The van der Waals surface area contributed by atoms with Crippen LogP contribution in [-0.2, 0) is 10.3 Å². The van der Waals surface area contributed by atoms with Crippen molar-refractivity contribution in [2.75, 3.05) is 25.6 Å². The van der Waals surface area contributed by atoms with E-state index < -0.39 is 5.60 Å². The van der Waals surface area contributed by atoms with Crippen molar-refractivity contribution in [3.63, 3.8) is 0 Å². The molecule has 0 radical (unpaired) electrons. The summed E-state index contributed by atoms with van der Waals surface area (Å²) < 4.78 is 11.7. The lowest BCUT2D eigenvalue weighted by Crippen LogP contribution is -2.26. The highest BCUT2D eigenvalue weighted by molar-refractivity contribution is 7.10. The third kappa shape index (κ3) is 2.92. The first-order valence-corrected chi connectivity index (χ1v) is 9.29. The van der Waals surface area contributed by atoms with E-state index in [1.54, 1.807) is 18.4 Å². The normalized spacial score (nSPS) is 19.6. The molecule has 0 fully saturated rings. The second-order valence-electron chi connectivity index (χ2n) is 6.28. The average molecular weight is 351 g/mol. The Labute approximate surface area is 152 Å². The predicted molar refractivity (Wildman–Crippen MR) is 104 cm³/mol. The molecule has 3 aromatic rings. The molecule has 4 heteroatoms. The molecule has 0 saturated heterocycles. The molecule has 25 heavy (non-hydrogen) atoms.